The van der Waals surface area contributed by atoms with E-state index in [2.05, 4.69) is 10.2 Å². The van der Waals surface area contributed by atoms with Gasteiger partial charge in [-0.2, -0.15) is 0 Å². The van der Waals surface area contributed by atoms with Gasteiger partial charge in [-0.25, -0.2) is 0 Å². The molecule has 1 fully saturated rings. The number of benzene rings is 1. The number of piperazine rings is 1. The van der Waals surface area contributed by atoms with Crippen LogP contribution in [0.2, 0.25) is 0 Å². The van der Waals surface area contributed by atoms with Gasteiger partial charge in [0.05, 0.1) is 0 Å². The van der Waals surface area contributed by atoms with Crippen molar-refractivity contribution >= 4 is 5.91 Å². The lowest BCUT2D eigenvalue weighted by Crippen LogP contribution is -2.47. The van der Waals surface area contributed by atoms with Crippen molar-refractivity contribution in [3.8, 4) is 11.5 Å². The van der Waals surface area contributed by atoms with Crippen LogP contribution in [-0.2, 0) is 4.79 Å². The third-order valence-electron chi connectivity index (χ3n) is 4.26. The van der Waals surface area contributed by atoms with Crippen molar-refractivity contribution in [2.45, 2.75) is 12.5 Å². The fourth-order valence-corrected chi connectivity index (χ4v) is 2.95. The number of carbonyl (C=O) groups is 1. The van der Waals surface area contributed by atoms with Crippen LogP contribution in [0.3, 0.4) is 0 Å². The molecule has 0 radical (unpaired) electrons. The van der Waals surface area contributed by atoms with Gasteiger partial charge in [-0.15, -0.1) is 0 Å². The van der Waals surface area contributed by atoms with Crippen molar-refractivity contribution in [2.75, 3.05) is 52.9 Å². The minimum Gasteiger partial charge on any atom is -0.486 e. The fraction of sp³-hybridized carbons (Fsp3) is 0.588. The average Bonchev–Trinajstić information content (AvgIpc) is 2.60. The quantitative estimate of drug-likeness (QED) is 0.860. The Bertz CT molecular complexity index is 532. The number of para-hydroxylation sites is 2. The van der Waals surface area contributed by atoms with Gasteiger partial charge >= 0.3 is 0 Å². The Morgan fingerprint density at radius 3 is 2.83 bits per heavy atom. The second kappa shape index (κ2) is 7.66. The summed E-state index contributed by atoms with van der Waals surface area (Å²) in [5.41, 5.74) is 0. The second-order valence-corrected chi connectivity index (χ2v) is 6.14. The number of hydrogen-bond acceptors (Lipinski definition) is 5. The number of nitrogens with zero attached hydrogens (tertiary/aromatic N) is 2. The summed E-state index contributed by atoms with van der Waals surface area (Å²) in [5.74, 6) is 1.85. The third-order valence-corrected chi connectivity index (χ3v) is 4.26. The summed E-state index contributed by atoms with van der Waals surface area (Å²) in [4.78, 5) is 16.3. The summed E-state index contributed by atoms with van der Waals surface area (Å²) in [5, 5.41) is 3.26. The molecular formula is C17H25N3O3. The summed E-state index contributed by atoms with van der Waals surface area (Å²) in [6.45, 7) is 5.47. The summed E-state index contributed by atoms with van der Waals surface area (Å²) in [6.07, 6.45) is 0.560. The molecule has 3 rings (SSSR count). The molecule has 1 saturated heterocycles. The van der Waals surface area contributed by atoms with Crippen molar-refractivity contribution < 1.29 is 14.3 Å². The Kier molecular flexibility index (Phi) is 5.35. The third kappa shape index (κ3) is 4.36. The Hall–Kier alpha value is -1.79. The molecule has 6 heteroatoms. The first-order valence-corrected chi connectivity index (χ1v) is 8.28. The Labute approximate surface area is 137 Å². The molecule has 1 unspecified atom stereocenters. The Morgan fingerprint density at radius 2 is 2.04 bits per heavy atom. The Morgan fingerprint density at radius 1 is 1.30 bits per heavy atom. The number of ether oxygens (including phenoxy) is 2. The molecule has 2 heterocycles. The molecule has 1 amide bonds. The van der Waals surface area contributed by atoms with Gasteiger partial charge in [0, 0.05) is 45.7 Å². The van der Waals surface area contributed by atoms with Crippen LogP contribution in [-0.4, -0.2) is 74.7 Å². The van der Waals surface area contributed by atoms with E-state index in [4.69, 9.17) is 9.47 Å². The molecule has 1 aromatic rings. The van der Waals surface area contributed by atoms with Gasteiger partial charge in [0.2, 0.25) is 5.91 Å². The number of rotatable bonds is 5. The lowest BCUT2D eigenvalue weighted by molar-refractivity contribution is -0.132. The molecule has 2 aliphatic heterocycles. The van der Waals surface area contributed by atoms with Crippen LogP contribution in [0.1, 0.15) is 6.42 Å². The maximum absolute atomic E-state index is 12.2. The summed E-state index contributed by atoms with van der Waals surface area (Å²) in [7, 11) is 2.02. The number of hydrogen-bond donors (Lipinski definition) is 1. The predicted molar refractivity (Wildman–Crippen MR) is 87.9 cm³/mol. The van der Waals surface area contributed by atoms with E-state index in [9.17, 15) is 4.79 Å². The van der Waals surface area contributed by atoms with Crippen LogP contribution in [0.4, 0.5) is 0 Å². The minimum atomic E-state index is 0.00388. The van der Waals surface area contributed by atoms with E-state index >= 15 is 0 Å². The van der Waals surface area contributed by atoms with Crippen LogP contribution < -0.4 is 14.8 Å². The SMILES string of the molecule is CN(CCC(=O)N1CCNCC1)CC1COc2ccccc2O1. The highest BCUT2D eigenvalue weighted by atomic mass is 16.6. The molecule has 0 spiro atoms. The fourth-order valence-electron chi connectivity index (χ4n) is 2.95. The van der Waals surface area contributed by atoms with Gasteiger partial charge in [0.25, 0.3) is 0 Å². The monoisotopic (exact) mass is 319 g/mol. The van der Waals surface area contributed by atoms with Crippen LogP contribution in [0.15, 0.2) is 24.3 Å². The highest BCUT2D eigenvalue weighted by molar-refractivity contribution is 5.76. The highest BCUT2D eigenvalue weighted by Gasteiger charge is 2.22. The molecule has 126 valence electrons. The number of carbonyl (C=O) groups excluding carboxylic acids is 1. The molecule has 1 aromatic carbocycles. The standard InChI is InChI=1S/C17H25N3O3/c1-19(9-6-17(21)20-10-7-18-8-11-20)12-14-13-22-15-4-2-3-5-16(15)23-14/h2-5,14,18H,6-13H2,1H3. The molecule has 0 aromatic heterocycles. The van der Waals surface area contributed by atoms with E-state index in [1.165, 1.54) is 0 Å². The molecule has 0 saturated carbocycles. The van der Waals surface area contributed by atoms with Crippen LogP contribution in [0.25, 0.3) is 0 Å². The molecule has 23 heavy (non-hydrogen) atoms. The van der Waals surface area contributed by atoms with Crippen molar-refractivity contribution in [3.05, 3.63) is 24.3 Å². The average molecular weight is 319 g/mol. The van der Waals surface area contributed by atoms with Crippen LogP contribution in [0.5, 0.6) is 11.5 Å². The van der Waals surface area contributed by atoms with Crippen molar-refractivity contribution in [2.24, 2.45) is 0 Å². The zero-order chi connectivity index (χ0) is 16.1. The molecule has 6 nitrogen and oxygen atoms in total. The zero-order valence-corrected chi connectivity index (χ0v) is 13.7. The summed E-state index contributed by atoms with van der Waals surface area (Å²) < 4.78 is 11.7. The summed E-state index contributed by atoms with van der Waals surface area (Å²) >= 11 is 0. The predicted octanol–water partition coefficient (Wildman–Crippen LogP) is 0.580. The highest BCUT2D eigenvalue weighted by Crippen LogP contribution is 2.30. The lowest BCUT2D eigenvalue weighted by Gasteiger charge is -2.30. The number of fused-ring (bicyclic) bond motifs is 1. The topological polar surface area (TPSA) is 54.0 Å². The molecule has 0 aliphatic carbocycles. The minimum absolute atomic E-state index is 0.00388. The largest absolute Gasteiger partial charge is 0.486 e. The van der Waals surface area contributed by atoms with Gasteiger partial charge in [-0.1, -0.05) is 12.1 Å². The number of nitrogens with one attached hydrogen (secondary N) is 1. The van der Waals surface area contributed by atoms with E-state index in [-0.39, 0.29) is 12.0 Å². The van der Waals surface area contributed by atoms with E-state index in [0.717, 1.165) is 50.8 Å². The lowest BCUT2D eigenvalue weighted by atomic mass is 10.2. The van der Waals surface area contributed by atoms with Crippen molar-refractivity contribution in [1.82, 2.24) is 15.1 Å². The maximum Gasteiger partial charge on any atom is 0.223 e. The van der Waals surface area contributed by atoms with E-state index in [0.29, 0.717) is 13.0 Å². The first-order chi connectivity index (χ1) is 11.2. The molecule has 1 atom stereocenters. The van der Waals surface area contributed by atoms with E-state index in [1.54, 1.807) is 0 Å². The van der Waals surface area contributed by atoms with Gasteiger partial charge in [0.15, 0.2) is 11.5 Å². The number of likely N-dealkylation sites (N-methyl/N-ethyl adjacent to an activating group) is 1. The number of amides is 1. The molecule has 2 aliphatic rings. The van der Waals surface area contributed by atoms with Gasteiger partial charge in [0.1, 0.15) is 12.7 Å². The van der Waals surface area contributed by atoms with Crippen molar-refractivity contribution in [3.63, 3.8) is 0 Å². The molecular weight excluding hydrogens is 294 g/mol. The first-order valence-electron chi connectivity index (χ1n) is 8.28. The van der Waals surface area contributed by atoms with E-state index in [1.807, 2.05) is 36.2 Å². The van der Waals surface area contributed by atoms with Gasteiger partial charge < -0.3 is 24.6 Å². The van der Waals surface area contributed by atoms with E-state index < -0.39 is 0 Å². The van der Waals surface area contributed by atoms with Gasteiger partial charge in [-0.3, -0.25) is 4.79 Å². The smallest absolute Gasteiger partial charge is 0.223 e. The van der Waals surface area contributed by atoms with Crippen LogP contribution in [0, 0.1) is 0 Å². The zero-order valence-electron chi connectivity index (χ0n) is 13.7. The normalized spacial score (nSPS) is 20.6. The van der Waals surface area contributed by atoms with Gasteiger partial charge in [-0.05, 0) is 19.2 Å². The first kappa shape index (κ1) is 16.1. The molecule has 1 N–H and O–H groups in total. The van der Waals surface area contributed by atoms with Crippen LogP contribution >= 0.6 is 0 Å². The maximum atomic E-state index is 12.2. The Balaban J connectivity index is 1.41. The van der Waals surface area contributed by atoms with Crippen molar-refractivity contribution in [1.29, 1.82) is 0 Å². The summed E-state index contributed by atoms with van der Waals surface area (Å²) in [6, 6.07) is 7.73. The second-order valence-electron chi connectivity index (χ2n) is 6.14. The molecule has 0 bridgehead atoms.